The topological polar surface area (TPSA) is 90.7 Å². The first-order valence-corrected chi connectivity index (χ1v) is 5.21. The molecule has 98 valence electrons. The summed E-state index contributed by atoms with van der Waals surface area (Å²) in [7, 11) is 2.76. The molecule has 0 amide bonds. The van der Waals surface area contributed by atoms with Gasteiger partial charge < -0.3 is 14.8 Å². The zero-order chi connectivity index (χ0) is 13.5. The van der Waals surface area contributed by atoms with Crippen molar-refractivity contribution in [1.29, 1.82) is 0 Å². The molecule has 0 bridgehead atoms. The summed E-state index contributed by atoms with van der Waals surface area (Å²) in [6.07, 6.45) is 0.130. The van der Waals surface area contributed by atoms with E-state index in [1.807, 2.05) is 0 Å². The highest BCUT2D eigenvalue weighted by atomic mass is 16.6. The normalized spacial score (nSPS) is 9.67. The van der Waals surface area contributed by atoms with E-state index in [9.17, 15) is 14.9 Å². The number of rotatable bonds is 6. The van der Waals surface area contributed by atoms with Crippen LogP contribution in [0.4, 0.5) is 11.4 Å². The minimum Gasteiger partial charge on any atom is -0.497 e. The van der Waals surface area contributed by atoms with E-state index in [-0.39, 0.29) is 24.6 Å². The number of methoxy groups -OCH3 is 2. The van der Waals surface area contributed by atoms with Gasteiger partial charge in [-0.25, -0.2) is 0 Å². The smallest absolute Gasteiger partial charge is 0.307 e. The summed E-state index contributed by atoms with van der Waals surface area (Å²) < 4.78 is 9.46. The van der Waals surface area contributed by atoms with Crippen LogP contribution in [0.25, 0.3) is 0 Å². The Hall–Kier alpha value is -2.31. The van der Waals surface area contributed by atoms with Crippen LogP contribution >= 0.6 is 0 Å². The monoisotopic (exact) mass is 254 g/mol. The number of carbonyl (C=O) groups is 1. The third-order valence-corrected chi connectivity index (χ3v) is 2.27. The maximum Gasteiger partial charge on any atom is 0.307 e. The molecule has 0 fully saturated rings. The number of carbonyl (C=O) groups excluding carboxylic acids is 1. The first kappa shape index (κ1) is 13.8. The highest BCUT2D eigenvalue weighted by Crippen LogP contribution is 2.28. The first-order chi connectivity index (χ1) is 8.58. The molecule has 0 saturated heterocycles. The Kier molecular flexibility index (Phi) is 4.91. The van der Waals surface area contributed by atoms with Crippen molar-refractivity contribution in [2.75, 3.05) is 26.1 Å². The second kappa shape index (κ2) is 6.43. The van der Waals surface area contributed by atoms with Crippen LogP contribution in [0.3, 0.4) is 0 Å². The minimum absolute atomic E-state index is 0.0688. The van der Waals surface area contributed by atoms with Gasteiger partial charge >= 0.3 is 5.97 Å². The predicted molar refractivity (Wildman–Crippen MR) is 64.8 cm³/mol. The summed E-state index contributed by atoms with van der Waals surface area (Å²) in [5.74, 6) is 0.120. The molecule has 0 heterocycles. The molecule has 0 radical (unpaired) electrons. The summed E-state index contributed by atoms with van der Waals surface area (Å²) in [5.41, 5.74) is 0.240. The van der Waals surface area contributed by atoms with Gasteiger partial charge in [0.1, 0.15) is 11.4 Å². The van der Waals surface area contributed by atoms with Crippen molar-refractivity contribution < 1.29 is 19.2 Å². The van der Waals surface area contributed by atoms with Crippen molar-refractivity contribution in [3.8, 4) is 5.75 Å². The average molecular weight is 254 g/mol. The van der Waals surface area contributed by atoms with Crippen LogP contribution in [0.5, 0.6) is 5.75 Å². The number of nitrogens with one attached hydrogen (secondary N) is 1. The summed E-state index contributed by atoms with van der Waals surface area (Å²) in [6, 6.07) is 4.36. The van der Waals surface area contributed by atoms with Crippen LogP contribution < -0.4 is 10.1 Å². The highest BCUT2D eigenvalue weighted by Gasteiger charge is 2.14. The predicted octanol–water partition coefficient (Wildman–Crippen LogP) is 1.58. The number of hydrogen-bond acceptors (Lipinski definition) is 6. The van der Waals surface area contributed by atoms with Crippen molar-refractivity contribution in [2.24, 2.45) is 0 Å². The fourth-order valence-electron chi connectivity index (χ4n) is 1.34. The number of esters is 1. The zero-order valence-electron chi connectivity index (χ0n) is 10.1. The van der Waals surface area contributed by atoms with Gasteiger partial charge in [-0.15, -0.1) is 0 Å². The Labute approximate surface area is 104 Å². The van der Waals surface area contributed by atoms with E-state index >= 15 is 0 Å². The summed E-state index contributed by atoms with van der Waals surface area (Å²) in [4.78, 5) is 21.2. The van der Waals surface area contributed by atoms with Gasteiger partial charge in [0, 0.05) is 18.7 Å². The van der Waals surface area contributed by atoms with Crippen LogP contribution in [0.2, 0.25) is 0 Å². The quantitative estimate of drug-likeness (QED) is 0.471. The van der Waals surface area contributed by atoms with E-state index in [2.05, 4.69) is 10.1 Å². The molecule has 1 aromatic rings. The Morgan fingerprint density at radius 1 is 1.44 bits per heavy atom. The van der Waals surface area contributed by atoms with Crippen LogP contribution in [0.15, 0.2) is 18.2 Å². The van der Waals surface area contributed by atoms with E-state index < -0.39 is 4.92 Å². The molecule has 0 atom stereocenters. The maximum absolute atomic E-state index is 10.9. The van der Waals surface area contributed by atoms with Gasteiger partial charge in [-0.05, 0) is 6.07 Å². The van der Waals surface area contributed by atoms with E-state index in [1.165, 1.54) is 32.4 Å². The lowest BCUT2D eigenvalue weighted by molar-refractivity contribution is -0.384. The van der Waals surface area contributed by atoms with Gasteiger partial charge in [0.25, 0.3) is 5.69 Å². The minimum atomic E-state index is -0.500. The number of anilines is 1. The Morgan fingerprint density at radius 3 is 2.72 bits per heavy atom. The third kappa shape index (κ3) is 3.62. The number of benzene rings is 1. The van der Waals surface area contributed by atoms with Crippen LogP contribution in [0.1, 0.15) is 6.42 Å². The number of nitro benzene ring substituents is 1. The molecular formula is C11H14N2O5. The second-order valence-corrected chi connectivity index (χ2v) is 3.39. The summed E-state index contributed by atoms with van der Waals surface area (Å²) >= 11 is 0. The van der Waals surface area contributed by atoms with Crippen molar-refractivity contribution in [3.05, 3.63) is 28.3 Å². The molecule has 7 nitrogen and oxygen atoms in total. The molecular weight excluding hydrogens is 240 g/mol. The van der Waals surface area contributed by atoms with Gasteiger partial charge in [0.2, 0.25) is 0 Å². The van der Waals surface area contributed by atoms with Crippen molar-refractivity contribution in [2.45, 2.75) is 6.42 Å². The van der Waals surface area contributed by atoms with Crippen molar-refractivity contribution in [3.63, 3.8) is 0 Å². The fourth-order valence-corrected chi connectivity index (χ4v) is 1.34. The van der Waals surface area contributed by atoms with Crippen molar-refractivity contribution >= 4 is 17.3 Å². The Balaban J connectivity index is 2.78. The highest BCUT2D eigenvalue weighted by molar-refractivity contribution is 5.70. The molecule has 0 spiro atoms. The Morgan fingerprint density at radius 2 is 2.17 bits per heavy atom. The lowest BCUT2D eigenvalue weighted by atomic mass is 10.2. The van der Waals surface area contributed by atoms with E-state index in [4.69, 9.17) is 4.74 Å². The molecule has 0 aliphatic rings. The molecule has 1 N–H and O–H groups in total. The van der Waals surface area contributed by atoms with Crippen LogP contribution in [0, 0.1) is 10.1 Å². The van der Waals surface area contributed by atoms with E-state index in [0.717, 1.165) is 0 Å². The molecule has 1 rings (SSSR count). The van der Waals surface area contributed by atoms with E-state index in [0.29, 0.717) is 11.4 Å². The van der Waals surface area contributed by atoms with Crippen molar-refractivity contribution in [1.82, 2.24) is 0 Å². The number of nitrogens with zero attached hydrogens (tertiary/aromatic N) is 1. The molecule has 1 aromatic carbocycles. The van der Waals surface area contributed by atoms with Gasteiger partial charge in [-0.2, -0.15) is 0 Å². The third-order valence-electron chi connectivity index (χ3n) is 2.27. The molecule has 0 saturated carbocycles. The fraction of sp³-hybridized carbons (Fsp3) is 0.364. The standard InChI is InChI=1S/C11H14N2O5/c1-17-8-3-4-10(13(15)16)9(7-8)12-6-5-11(14)18-2/h3-4,7,12H,5-6H2,1-2H3. The molecule has 18 heavy (non-hydrogen) atoms. The summed E-state index contributed by atoms with van der Waals surface area (Å²) in [5, 5.41) is 13.6. The molecule has 0 unspecified atom stereocenters. The van der Waals surface area contributed by atoms with Gasteiger partial charge in [-0.3, -0.25) is 14.9 Å². The maximum atomic E-state index is 10.9. The molecule has 0 aliphatic carbocycles. The Bertz CT molecular complexity index is 447. The van der Waals surface area contributed by atoms with E-state index in [1.54, 1.807) is 0 Å². The van der Waals surface area contributed by atoms with Crippen LogP contribution in [-0.4, -0.2) is 31.7 Å². The first-order valence-electron chi connectivity index (χ1n) is 5.21. The lowest BCUT2D eigenvalue weighted by Crippen LogP contribution is -2.10. The zero-order valence-corrected chi connectivity index (χ0v) is 10.1. The second-order valence-electron chi connectivity index (χ2n) is 3.39. The average Bonchev–Trinajstić information content (AvgIpc) is 2.37. The van der Waals surface area contributed by atoms with Gasteiger partial charge in [0.15, 0.2) is 0 Å². The molecule has 7 heteroatoms. The molecule has 0 aliphatic heterocycles. The molecule has 0 aromatic heterocycles. The number of ether oxygens (including phenoxy) is 2. The number of hydrogen-bond donors (Lipinski definition) is 1. The van der Waals surface area contributed by atoms with Gasteiger partial charge in [-0.1, -0.05) is 0 Å². The largest absolute Gasteiger partial charge is 0.497 e. The lowest BCUT2D eigenvalue weighted by Gasteiger charge is -2.08. The van der Waals surface area contributed by atoms with Crippen LogP contribution in [-0.2, 0) is 9.53 Å². The summed E-state index contributed by atoms with van der Waals surface area (Å²) in [6.45, 7) is 0.251. The SMILES string of the molecule is COC(=O)CCNc1cc(OC)ccc1[N+](=O)[O-]. The van der Waals surface area contributed by atoms with Gasteiger partial charge in [0.05, 0.1) is 25.6 Å². The number of nitro groups is 1.